The van der Waals surface area contributed by atoms with Gasteiger partial charge in [-0.2, -0.15) is 0 Å². The average molecular weight is 321 g/mol. The van der Waals surface area contributed by atoms with Crippen LogP contribution in [0.5, 0.6) is 5.75 Å². The molecule has 1 aliphatic heterocycles. The zero-order valence-electron chi connectivity index (χ0n) is 10.5. The summed E-state index contributed by atoms with van der Waals surface area (Å²) in [6.07, 6.45) is 3.41. The van der Waals surface area contributed by atoms with Crippen molar-refractivity contribution in [3.8, 4) is 17.0 Å². The van der Waals surface area contributed by atoms with E-state index in [2.05, 4.69) is 32.0 Å². The molecule has 5 heteroatoms. The van der Waals surface area contributed by atoms with Gasteiger partial charge in [-0.05, 0) is 22.0 Å². The molecule has 0 aliphatic carbocycles. The Morgan fingerprint density at radius 2 is 2.16 bits per heavy atom. The van der Waals surface area contributed by atoms with E-state index in [0.717, 1.165) is 34.8 Å². The molecule has 0 radical (unpaired) electrons. The van der Waals surface area contributed by atoms with Crippen LogP contribution in [-0.4, -0.2) is 30.3 Å². The van der Waals surface area contributed by atoms with Crippen molar-refractivity contribution >= 4 is 15.9 Å². The Bertz CT molecular complexity index is 600. The van der Waals surface area contributed by atoms with Gasteiger partial charge in [-0.3, -0.25) is 4.98 Å². The minimum absolute atomic E-state index is 0.442. The van der Waals surface area contributed by atoms with Crippen LogP contribution in [0.4, 0.5) is 0 Å². The highest BCUT2D eigenvalue weighted by atomic mass is 79.9. The van der Waals surface area contributed by atoms with Gasteiger partial charge in [-0.15, -0.1) is 0 Å². The van der Waals surface area contributed by atoms with Gasteiger partial charge in [0.05, 0.1) is 38.4 Å². The maximum atomic E-state index is 5.48. The molecule has 1 aliphatic rings. The Morgan fingerprint density at radius 3 is 2.79 bits per heavy atom. The zero-order valence-corrected chi connectivity index (χ0v) is 12.1. The summed E-state index contributed by atoms with van der Waals surface area (Å²) in [7, 11) is 1.69. The highest BCUT2D eigenvalue weighted by Gasteiger charge is 2.24. The van der Waals surface area contributed by atoms with Gasteiger partial charge in [0.2, 0.25) is 0 Å². The molecule has 4 nitrogen and oxygen atoms in total. The van der Waals surface area contributed by atoms with Crippen molar-refractivity contribution in [3.63, 3.8) is 0 Å². The molecule has 1 saturated heterocycles. The lowest BCUT2D eigenvalue weighted by molar-refractivity contribution is 0.00754. The topological polar surface area (TPSA) is 44.2 Å². The molecule has 19 heavy (non-hydrogen) atoms. The van der Waals surface area contributed by atoms with Crippen LogP contribution in [0.25, 0.3) is 11.3 Å². The van der Waals surface area contributed by atoms with E-state index < -0.39 is 0 Å². The number of methoxy groups -OCH3 is 1. The summed E-state index contributed by atoms with van der Waals surface area (Å²) in [5.41, 5.74) is 3.01. The van der Waals surface area contributed by atoms with Crippen LogP contribution in [0.1, 0.15) is 11.5 Å². The molecule has 1 aromatic carbocycles. The van der Waals surface area contributed by atoms with Crippen LogP contribution in [0.15, 0.2) is 35.2 Å². The van der Waals surface area contributed by atoms with E-state index in [1.54, 1.807) is 19.5 Å². The lowest BCUT2D eigenvalue weighted by atomic mass is 9.95. The number of benzene rings is 1. The van der Waals surface area contributed by atoms with E-state index >= 15 is 0 Å². The molecule has 2 aromatic rings. The van der Waals surface area contributed by atoms with E-state index in [-0.39, 0.29) is 0 Å². The summed E-state index contributed by atoms with van der Waals surface area (Å²) in [5.74, 6) is 1.32. The molecule has 0 N–H and O–H groups in total. The molecular formula is C14H13BrN2O2. The molecule has 98 valence electrons. The van der Waals surface area contributed by atoms with E-state index in [9.17, 15) is 0 Å². The average Bonchev–Trinajstić information content (AvgIpc) is 2.37. The number of aromatic nitrogens is 2. The van der Waals surface area contributed by atoms with Gasteiger partial charge in [0.15, 0.2) is 0 Å². The first-order valence-corrected chi connectivity index (χ1v) is 6.81. The number of halogens is 1. The monoisotopic (exact) mass is 320 g/mol. The lowest BCUT2D eigenvalue weighted by Crippen LogP contribution is -2.25. The first-order chi connectivity index (χ1) is 9.28. The molecule has 0 atom stereocenters. The van der Waals surface area contributed by atoms with Crippen LogP contribution < -0.4 is 4.74 Å². The molecule has 0 spiro atoms. The van der Waals surface area contributed by atoms with Gasteiger partial charge in [-0.1, -0.05) is 12.1 Å². The fourth-order valence-electron chi connectivity index (χ4n) is 2.10. The zero-order chi connectivity index (χ0) is 13.2. The van der Waals surface area contributed by atoms with Crippen molar-refractivity contribution in [2.45, 2.75) is 5.92 Å². The van der Waals surface area contributed by atoms with Crippen molar-refractivity contribution in [2.75, 3.05) is 20.3 Å². The maximum Gasteiger partial charge on any atom is 0.125 e. The first-order valence-electron chi connectivity index (χ1n) is 6.01. The SMILES string of the molecule is COc1cc(-c2cncc(Br)n2)ccc1C1COC1. The van der Waals surface area contributed by atoms with Crippen LogP contribution >= 0.6 is 15.9 Å². The van der Waals surface area contributed by atoms with Crippen molar-refractivity contribution < 1.29 is 9.47 Å². The third-order valence-electron chi connectivity index (χ3n) is 3.21. The van der Waals surface area contributed by atoms with Crippen molar-refractivity contribution in [1.29, 1.82) is 0 Å². The number of rotatable bonds is 3. The predicted octanol–water partition coefficient (Wildman–Crippen LogP) is 3.03. The Balaban J connectivity index is 1.99. The third kappa shape index (κ3) is 2.48. The minimum atomic E-state index is 0.442. The normalized spacial score (nSPS) is 15.1. The Kier molecular flexibility index (Phi) is 3.48. The van der Waals surface area contributed by atoms with Crippen LogP contribution in [0, 0.1) is 0 Å². The van der Waals surface area contributed by atoms with Gasteiger partial charge in [0, 0.05) is 17.0 Å². The van der Waals surface area contributed by atoms with E-state index in [4.69, 9.17) is 9.47 Å². The summed E-state index contributed by atoms with van der Waals surface area (Å²) >= 11 is 3.33. The molecule has 1 fully saturated rings. The van der Waals surface area contributed by atoms with E-state index in [1.165, 1.54) is 5.56 Å². The van der Waals surface area contributed by atoms with Gasteiger partial charge in [0.25, 0.3) is 0 Å². The van der Waals surface area contributed by atoms with Crippen LogP contribution in [0.2, 0.25) is 0 Å². The maximum absolute atomic E-state index is 5.48. The second kappa shape index (κ2) is 5.27. The number of nitrogens with zero attached hydrogens (tertiary/aromatic N) is 2. The van der Waals surface area contributed by atoms with E-state index in [0.29, 0.717) is 5.92 Å². The number of ether oxygens (including phenoxy) is 2. The fourth-order valence-corrected chi connectivity index (χ4v) is 2.41. The standard InChI is InChI=1S/C14H13BrN2O2/c1-18-13-4-9(12-5-16-6-14(15)17-12)2-3-11(13)10-7-19-8-10/h2-6,10H,7-8H2,1H3. The lowest BCUT2D eigenvalue weighted by Gasteiger charge is -2.27. The summed E-state index contributed by atoms with van der Waals surface area (Å²) in [5, 5.41) is 0. The van der Waals surface area contributed by atoms with Gasteiger partial charge >= 0.3 is 0 Å². The second-order valence-corrected chi connectivity index (χ2v) is 5.23. The predicted molar refractivity (Wildman–Crippen MR) is 75.3 cm³/mol. The quantitative estimate of drug-likeness (QED) is 0.872. The number of hydrogen-bond donors (Lipinski definition) is 0. The smallest absolute Gasteiger partial charge is 0.125 e. The first kappa shape index (κ1) is 12.6. The van der Waals surface area contributed by atoms with E-state index in [1.807, 2.05) is 12.1 Å². The van der Waals surface area contributed by atoms with Crippen molar-refractivity contribution in [1.82, 2.24) is 9.97 Å². The molecule has 0 unspecified atom stereocenters. The summed E-state index contributed by atoms with van der Waals surface area (Å²) in [4.78, 5) is 8.53. The molecule has 0 saturated carbocycles. The molecule has 2 heterocycles. The van der Waals surface area contributed by atoms with Crippen molar-refractivity contribution in [3.05, 3.63) is 40.8 Å². The highest BCUT2D eigenvalue weighted by molar-refractivity contribution is 9.10. The third-order valence-corrected chi connectivity index (χ3v) is 3.59. The molecule has 1 aromatic heterocycles. The van der Waals surface area contributed by atoms with Gasteiger partial charge < -0.3 is 9.47 Å². The van der Waals surface area contributed by atoms with Crippen molar-refractivity contribution in [2.24, 2.45) is 0 Å². The Morgan fingerprint density at radius 1 is 1.32 bits per heavy atom. The molecular weight excluding hydrogens is 308 g/mol. The molecule has 0 bridgehead atoms. The summed E-state index contributed by atoms with van der Waals surface area (Å²) in [6.45, 7) is 1.54. The fraction of sp³-hybridized carbons (Fsp3) is 0.286. The Hall–Kier alpha value is -1.46. The summed E-state index contributed by atoms with van der Waals surface area (Å²) < 4.78 is 11.4. The van der Waals surface area contributed by atoms with Crippen LogP contribution in [0.3, 0.4) is 0 Å². The highest BCUT2D eigenvalue weighted by Crippen LogP contribution is 2.34. The van der Waals surface area contributed by atoms with Gasteiger partial charge in [-0.25, -0.2) is 4.98 Å². The molecule has 3 rings (SSSR count). The second-order valence-electron chi connectivity index (χ2n) is 4.42. The summed E-state index contributed by atoms with van der Waals surface area (Å²) in [6, 6.07) is 6.14. The van der Waals surface area contributed by atoms with Crippen LogP contribution in [-0.2, 0) is 4.74 Å². The number of hydrogen-bond acceptors (Lipinski definition) is 4. The largest absolute Gasteiger partial charge is 0.496 e. The molecule has 0 amide bonds. The van der Waals surface area contributed by atoms with Gasteiger partial charge in [0.1, 0.15) is 10.4 Å². The minimum Gasteiger partial charge on any atom is -0.496 e. The Labute approximate surface area is 119 Å².